The third-order valence-electron chi connectivity index (χ3n) is 5.67. The molecule has 4 heterocycles. The minimum atomic E-state index is -0.646. The van der Waals surface area contributed by atoms with Crippen molar-refractivity contribution in [1.29, 1.82) is 0 Å². The largest absolute Gasteiger partial charge is 0.369 e. The molecule has 1 fully saturated rings. The van der Waals surface area contributed by atoms with Gasteiger partial charge in [0.2, 0.25) is 5.91 Å². The standard InChI is InChI=1S/C21H20N4O2/c26-19(18-9-8-15-5-3-4-12-25(15)18)24-13-10-21(11-14-24)20(27)22-16-6-1-2-7-17(16)23-21/h1-9,12,23H,10-11,13-14H2,(H,22,27). The Morgan fingerprint density at radius 3 is 2.48 bits per heavy atom. The molecule has 0 saturated carbocycles. The van der Waals surface area contributed by atoms with Crippen molar-refractivity contribution in [3.8, 4) is 0 Å². The van der Waals surface area contributed by atoms with E-state index in [4.69, 9.17) is 0 Å². The minimum absolute atomic E-state index is 0.00710. The first kappa shape index (κ1) is 15.9. The van der Waals surface area contributed by atoms with Crippen LogP contribution in [0.5, 0.6) is 0 Å². The number of para-hydroxylation sites is 2. The van der Waals surface area contributed by atoms with E-state index in [1.165, 1.54) is 0 Å². The molecule has 2 aromatic heterocycles. The number of likely N-dealkylation sites (tertiary alicyclic amines) is 1. The van der Waals surface area contributed by atoms with Gasteiger partial charge in [0.05, 0.1) is 11.4 Å². The molecular formula is C21H20N4O2. The van der Waals surface area contributed by atoms with Crippen LogP contribution in [0.4, 0.5) is 11.4 Å². The zero-order chi connectivity index (χ0) is 18.4. The van der Waals surface area contributed by atoms with Crippen molar-refractivity contribution in [2.75, 3.05) is 23.7 Å². The number of piperidine rings is 1. The highest BCUT2D eigenvalue weighted by molar-refractivity contribution is 6.06. The minimum Gasteiger partial charge on any atom is -0.369 e. The number of nitrogens with zero attached hydrogens (tertiary/aromatic N) is 2. The molecule has 0 atom stereocenters. The summed E-state index contributed by atoms with van der Waals surface area (Å²) in [6, 6.07) is 17.4. The zero-order valence-corrected chi connectivity index (χ0v) is 14.8. The number of hydrogen-bond donors (Lipinski definition) is 2. The molecule has 0 aliphatic carbocycles. The van der Waals surface area contributed by atoms with E-state index < -0.39 is 5.54 Å². The van der Waals surface area contributed by atoms with Crippen molar-refractivity contribution in [2.24, 2.45) is 0 Å². The van der Waals surface area contributed by atoms with Crippen LogP contribution in [0.15, 0.2) is 60.8 Å². The summed E-state index contributed by atoms with van der Waals surface area (Å²) >= 11 is 0. The number of rotatable bonds is 1. The number of hydrogen-bond acceptors (Lipinski definition) is 3. The van der Waals surface area contributed by atoms with E-state index in [9.17, 15) is 9.59 Å². The predicted molar refractivity (Wildman–Crippen MR) is 104 cm³/mol. The van der Waals surface area contributed by atoms with Crippen LogP contribution in [-0.2, 0) is 4.79 Å². The van der Waals surface area contributed by atoms with E-state index in [1.54, 1.807) is 0 Å². The fourth-order valence-electron chi connectivity index (χ4n) is 4.09. The van der Waals surface area contributed by atoms with Gasteiger partial charge in [-0.15, -0.1) is 0 Å². The summed E-state index contributed by atoms with van der Waals surface area (Å²) in [5.74, 6) is -0.00546. The topological polar surface area (TPSA) is 65.8 Å². The number of benzene rings is 1. The van der Waals surface area contributed by atoms with Crippen molar-refractivity contribution in [2.45, 2.75) is 18.4 Å². The maximum atomic E-state index is 13.0. The van der Waals surface area contributed by atoms with Crippen LogP contribution < -0.4 is 10.6 Å². The first-order chi connectivity index (χ1) is 13.2. The molecule has 2 N–H and O–H groups in total. The highest BCUT2D eigenvalue weighted by Crippen LogP contribution is 2.36. The molecule has 2 aliphatic heterocycles. The second-order valence-electron chi connectivity index (χ2n) is 7.21. The molecule has 2 aliphatic rings. The lowest BCUT2D eigenvalue weighted by atomic mass is 9.84. The van der Waals surface area contributed by atoms with Crippen LogP contribution in [-0.4, -0.2) is 39.7 Å². The quantitative estimate of drug-likeness (QED) is 0.701. The van der Waals surface area contributed by atoms with Crippen LogP contribution in [0.1, 0.15) is 23.3 Å². The van der Waals surface area contributed by atoms with Gasteiger partial charge in [-0.05, 0) is 49.2 Å². The molecule has 27 heavy (non-hydrogen) atoms. The summed E-state index contributed by atoms with van der Waals surface area (Å²) in [7, 11) is 0. The number of pyridine rings is 1. The smallest absolute Gasteiger partial charge is 0.270 e. The third kappa shape index (κ3) is 2.48. The van der Waals surface area contributed by atoms with Gasteiger partial charge in [0.15, 0.2) is 0 Å². The molecular weight excluding hydrogens is 340 g/mol. The molecule has 1 saturated heterocycles. The van der Waals surface area contributed by atoms with Crippen LogP contribution in [0, 0.1) is 0 Å². The van der Waals surface area contributed by atoms with Gasteiger partial charge in [0.25, 0.3) is 5.91 Å². The Hall–Kier alpha value is -3.28. The number of amides is 2. The number of aromatic nitrogens is 1. The SMILES string of the molecule is O=C(c1ccc2ccccn12)N1CCC2(CC1)Nc1ccccc1NC2=O. The fraction of sp³-hybridized carbons (Fsp3) is 0.238. The molecule has 0 bridgehead atoms. The summed E-state index contributed by atoms with van der Waals surface area (Å²) < 4.78 is 1.91. The average Bonchev–Trinajstić information content (AvgIpc) is 3.13. The number of anilines is 2. The molecule has 2 amide bonds. The second-order valence-corrected chi connectivity index (χ2v) is 7.21. The van der Waals surface area contributed by atoms with Crippen molar-refractivity contribution >= 4 is 28.7 Å². The van der Waals surface area contributed by atoms with Gasteiger partial charge in [-0.1, -0.05) is 18.2 Å². The Kier molecular flexibility index (Phi) is 3.47. The monoisotopic (exact) mass is 360 g/mol. The van der Waals surface area contributed by atoms with Crippen LogP contribution in [0.25, 0.3) is 5.52 Å². The fourth-order valence-corrected chi connectivity index (χ4v) is 4.09. The highest BCUT2D eigenvalue weighted by Gasteiger charge is 2.45. The second kappa shape index (κ2) is 5.87. The lowest BCUT2D eigenvalue weighted by molar-refractivity contribution is -0.122. The molecule has 0 unspecified atom stereocenters. The Morgan fingerprint density at radius 2 is 1.67 bits per heavy atom. The van der Waals surface area contributed by atoms with Gasteiger partial charge in [0, 0.05) is 24.8 Å². The van der Waals surface area contributed by atoms with E-state index in [1.807, 2.05) is 70.1 Å². The van der Waals surface area contributed by atoms with Gasteiger partial charge < -0.3 is 19.9 Å². The summed E-state index contributed by atoms with van der Waals surface area (Å²) in [4.78, 5) is 27.6. The van der Waals surface area contributed by atoms with Gasteiger partial charge in [-0.3, -0.25) is 9.59 Å². The first-order valence-corrected chi connectivity index (χ1v) is 9.20. The molecule has 136 valence electrons. The number of carbonyl (C=O) groups excluding carboxylic acids is 2. The van der Waals surface area contributed by atoms with Crippen molar-refractivity contribution in [3.63, 3.8) is 0 Å². The summed E-state index contributed by atoms with van der Waals surface area (Å²) in [5.41, 5.74) is 2.76. The molecule has 1 spiro atoms. The van der Waals surface area contributed by atoms with Gasteiger partial charge in [-0.25, -0.2) is 0 Å². The van der Waals surface area contributed by atoms with Gasteiger partial charge >= 0.3 is 0 Å². The van der Waals surface area contributed by atoms with Crippen molar-refractivity contribution < 1.29 is 9.59 Å². The molecule has 0 radical (unpaired) electrons. The maximum absolute atomic E-state index is 13.0. The van der Waals surface area contributed by atoms with Crippen LogP contribution >= 0.6 is 0 Å². The molecule has 5 rings (SSSR count). The Balaban J connectivity index is 1.36. The Labute approximate surface area is 156 Å². The predicted octanol–water partition coefficient (Wildman–Crippen LogP) is 2.98. The lowest BCUT2D eigenvalue weighted by Crippen LogP contribution is -2.59. The number of nitrogens with one attached hydrogen (secondary N) is 2. The Morgan fingerprint density at radius 1 is 0.926 bits per heavy atom. The maximum Gasteiger partial charge on any atom is 0.270 e. The molecule has 6 nitrogen and oxygen atoms in total. The molecule has 1 aromatic carbocycles. The molecule has 6 heteroatoms. The third-order valence-corrected chi connectivity index (χ3v) is 5.67. The van der Waals surface area contributed by atoms with Gasteiger partial charge in [0.1, 0.15) is 11.2 Å². The number of fused-ring (bicyclic) bond motifs is 2. The van der Waals surface area contributed by atoms with Crippen LogP contribution in [0.2, 0.25) is 0 Å². The van der Waals surface area contributed by atoms with E-state index in [0.29, 0.717) is 31.6 Å². The van der Waals surface area contributed by atoms with Crippen molar-refractivity contribution in [3.05, 3.63) is 66.5 Å². The summed E-state index contributed by atoms with van der Waals surface area (Å²) in [6.07, 6.45) is 3.07. The van der Waals surface area contributed by atoms with E-state index in [2.05, 4.69) is 10.6 Å². The summed E-state index contributed by atoms with van der Waals surface area (Å²) in [6.45, 7) is 1.09. The zero-order valence-electron chi connectivity index (χ0n) is 14.8. The van der Waals surface area contributed by atoms with Crippen molar-refractivity contribution in [1.82, 2.24) is 9.30 Å². The van der Waals surface area contributed by atoms with Gasteiger partial charge in [-0.2, -0.15) is 0 Å². The summed E-state index contributed by atoms with van der Waals surface area (Å²) in [5, 5.41) is 6.44. The highest BCUT2D eigenvalue weighted by atomic mass is 16.2. The average molecular weight is 360 g/mol. The Bertz CT molecular complexity index is 1050. The number of carbonyl (C=O) groups is 2. The van der Waals surface area contributed by atoms with E-state index in [0.717, 1.165) is 16.9 Å². The normalized spacial score (nSPS) is 18.1. The van der Waals surface area contributed by atoms with Crippen LogP contribution in [0.3, 0.4) is 0 Å². The lowest BCUT2D eigenvalue weighted by Gasteiger charge is -2.44. The van der Waals surface area contributed by atoms with E-state index in [-0.39, 0.29) is 11.8 Å². The first-order valence-electron chi connectivity index (χ1n) is 9.20. The molecule has 3 aromatic rings. The van der Waals surface area contributed by atoms with E-state index >= 15 is 0 Å².